The van der Waals surface area contributed by atoms with Crippen LogP contribution >= 0.6 is 0 Å². The summed E-state index contributed by atoms with van der Waals surface area (Å²) in [6.07, 6.45) is 10.2. The van der Waals surface area contributed by atoms with Gasteiger partial charge in [-0.2, -0.15) is 0 Å². The molecule has 340 valence electrons. The molecule has 3 unspecified atom stereocenters. The zero-order valence-electron chi connectivity index (χ0n) is 39.1. The molecule has 1 spiro atoms. The van der Waals surface area contributed by atoms with Gasteiger partial charge in [0, 0.05) is 75.7 Å². The molecule has 2 bridgehead atoms. The Balaban J connectivity index is 1.32. The average Bonchev–Trinajstić information content (AvgIpc) is 3.92. The topological polar surface area (TPSA) is 138 Å². The van der Waals surface area contributed by atoms with Gasteiger partial charge in [-0.05, 0) is 73.8 Å². The molecule has 0 amide bonds. The van der Waals surface area contributed by atoms with Gasteiger partial charge in [-0.15, -0.1) is 0 Å². The largest absolute Gasteiger partial charge is 0.468 e. The molecule has 12 nitrogen and oxygen atoms in total. The molecule has 2 aliphatic carbocycles. The molecule has 1 aromatic carbocycles. The quantitative estimate of drug-likeness (QED) is 0.172. The Morgan fingerprint density at radius 3 is 2.37 bits per heavy atom. The predicted octanol–water partition coefficient (Wildman–Crippen LogP) is 3.08. The molecule has 6 aliphatic heterocycles. The van der Waals surface area contributed by atoms with E-state index >= 15 is 4.79 Å². The number of allylic oxidation sites excluding steroid dienone is 1. The Bertz CT molecular complexity index is 2240. The lowest BCUT2D eigenvalue weighted by Crippen LogP contribution is -2.79. The van der Waals surface area contributed by atoms with Crippen LogP contribution in [0, 0.1) is 28.1 Å². The van der Waals surface area contributed by atoms with Crippen molar-refractivity contribution in [1.82, 2.24) is 14.7 Å². The van der Waals surface area contributed by atoms with Crippen LogP contribution in [0.5, 0.6) is 0 Å². The molecule has 8 aliphatic rings. The zero-order valence-corrected chi connectivity index (χ0v) is 40.1. The minimum atomic E-state index is -2.28. The van der Waals surface area contributed by atoms with Crippen molar-refractivity contribution in [1.29, 1.82) is 0 Å². The molecule has 2 N–H and O–H groups in total. The number of methoxy groups -OCH3 is 3. The highest BCUT2D eigenvalue weighted by atomic mass is 28.3. The normalized spacial score (nSPS) is 40.1. The summed E-state index contributed by atoms with van der Waals surface area (Å²) in [6.45, 7) is 16.0. The van der Waals surface area contributed by atoms with Gasteiger partial charge in [-0.25, -0.2) is 4.79 Å². The maximum absolute atomic E-state index is 15.6. The van der Waals surface area contributed by atoms with Crippen LogP contribution in [0.2, 0.25) is 19.6 Å². The first kappa shape index (κ1) is 44.7. The third-order valence-corrected chi connectivity index (χ3v) is 19.4. The summed E-state index contributed by atoms with van der Waals surface area (Å²) in [5, 5.41) is 26.9. The van der Waals surface area contributed by atoms with Crippen molar-refractivity contribution < 1.29 is 43.5 Å². The number of ether oxygens (including phenoxy) is 4. The number of carbonyl (C=O) groups is 3. The van der Waals surface area contributed by atoms with Crippen LogP contribution in [0.1, 0.15) is 64.9 Å². The van der Waals surface area contributed by atoms with E-state index in [1.54, 1.807) is 7.11 Å². The molecule has 0 radical (unpaired) electrons. The summed E-state index contributed by atoms with van der Waals surface area (Å²) in [5.74, 6) is -2.34. The summed E-state index contributed by atoms with van der Waals surface area (Å²) in [5.41, 5.74) is 0.293. The Kier molecular flexibility index (Phi) is 10.8. The van der Waals surface area contributed by atoms with E-state index in [2.05, 4.69) is 78.9 Å². The standard InChI is InChI=1S/C49H68BN3O9Si/c1-11-45(57)25-30-26-48(43(55)60-6,39-32(16-20-52(27-30)28-45)33-22-31(63(8,9)10)14-15-36(33)50-39)35-23-34-37(24-38(35)59-5)51(4)41-47(34)18-21-53-19-13-17-46(12-2,40(47)53)42(62-29(3)54)49(41,58)44(56)61-7/h13-15,17,22-24,30,35,38,40-42,50,57-58H,11-12,16,18-21,25-28H2,1-10H3/t30-,35?,38?,40+,41-,42-,45+,46-,47-,48+,49+/m1/s1. The highest BCUT2D eigenvalue weighted by Gasteiger charge is 2.81. The number of nitrogens with zero attached hydrogens (tertiary/aromatic N) is 3. The molecule has 1 saturated carbocycles. The van der Waals surface area contributed by atoms with E-state index in [-0.39, 0.29) is 17.9 Å². The fraction of sp³-hybridized carbons (Fsp3) is 0.653. The number of hydrogen-bond acceptors (Lipinski definition) is 12. The number of benzene rings is 1. The maximum Gasteiger partial charge on any atom is 0.344 e. The molecule has 4 fully saturated rings. The molecule has 0 aromatic heterocycles. The van der Waals surface area contributed by atoms with E-state index in [0.29, 0.717) is 59.0 Å². The van der Waals surface area contributed by atoms with Crippen LogP contribution < -0.4 is 10.6 Å². The Morgan fingerprint density at radius 2 is 1.71 bits per heavy atom. The second-order valence-electron chi connectivity index (χ2n) is 21.3. The van der Waals surface area contributed by atoms with Crippen molar-refractivity contribution in [3.05, 3.63) is 64.8 Å². The lowest BCUT2D eigenvalue weighted by molar-refractivity contribution is -0.243. The summed E-state index contributed by atoms with van der Waals surface area (Å²) < 4.78 is 24.4. The fourth-order valence-electron chi connectivity index (χ4n) is 14.8. The monoisotopic (exact) mass is 881 g/mol. The van der Waals surface area contributed by atoms with E-state index in [9.17, 15) is 19.8 Å². The van der Waals surface area contributed by atoms with Gasteiger partial charge in [0.15, 0.2) is 13.4 Å². The second-order valence-corrected chi connectivity index (χ2v) is 26.4. The molecular formula is C49H68BN3O9Si. The van der Waals surface area contributed by atoms with Crippen LogP contribution in [0.25, 0.3) is 5.57 Å². The molecule has 1 aromatic rings. The highest BCUT2D eigenvalue weighted by Crippen LogP contribution is 2.70. The molecule has 3 saturated heterocycles. The van der Waals surface area contributed by atoms with E-state index in [0.717, 1.165) is 36.3 Å². The first-order chi connectivity index (χ1) is 29.8. The maximum atomic E-state index is 15.6. The van der Waals surface area contributed by atoms with Crippen LogP contribution in [0.4, 0.5) is 0 Å². The van der Waals surface area contributed by atoms with E-state index in [4.69, 9.17) is 18.9 Å². The average molecular weight is 882 g/mol. The summed E-state index contributed by atoms with van der Waals surface area (Å²) in [6, 6.07) is 5.81. The smallest absolute Gasteiger partial charge is 0.344 e. The molecular weight excluding hydrogens is 813 g/mol. The Morgan fingerprint density at radius 1 is 0.968 bits per heavy atom. The van der Waals surface area contributed by atoms with Gasteiger partial charge in [0.2, 0.25) is 5.60 Å². The minimum Gasteiger partial charge on any atom is -0.468 e. The second kappa shape index (κ2) is 15.3. The third-order valence-electron chi connectivity index (χ3n) is 17.3. The van der Waals surface area contributed by atoms with E-state index in [1.807, 2.05) is 18.9 Å². The minimum absolute atomic E-state index is 0.0314. The summed E-state index contributed by atoms with van der Waals surface area (Å²) in [7, 11) is 5.26. The van der Waals surface area contributed by atoms with E-state index in [1.165, 1.54) is 42.9 Å². The first-order valence-corrected chi connectivity index (χ1v) is 26.8. The molecule has 9 rings (SSSR count). The van der Waals surface area contributed by atoms with Gasteiger partial charge in [0.25, 0.3) is 0 Å². The van der Waals surface area contributed by atoms with Gasteiger partial charge in [0.05, 0.1) is 45.5 Å². The van der Waals surface area contributed by atoms with Crippen molar-refractivity contribution in [2.75, 3.05) is 61.1 Å². The number of piperidine rings is 1. The molecule has 12 atom stereocenters. The fourth-order valence-corrected chi connectivity index (χ4v) is 16.0. The summed E-state index contributed by atoms with van der Waals surface area (Å²) >= 11 is 0. The number of aliphatic hydroxyl groups is 2. The number of rotatable bonds is 8. The molecule has 14 heteroatoms. The van der Waals surface area contributed by atoms with Crippen molar-refractivity contribution in [2.24, 2.45) is 28.1 Å². The Hall–Kier alpha value is -3.53. The number of fused-ring (bicyclic) bond motifs is 5. The SMILES string of the molecule is CC[C@]1(O)C[C@H]2CN(CCC3=C(Bc4ccc([Si](C)(C)C)cc43)[C@@](C(=O)OC)(C3C=C4C(=CC3OC)N(C)[C@H]3[C@@](O)(C(=O)OC)[C@H](OC(C)=O)[C@]5(CC)C=CCN6CC[C@]43[C@@H]65)C2)C1. The van der Waals surface area contributed by atoms with Gasteiger partial charge < -0.3 is 34.1 Å². The van der Waals surface area contributed by atoms with Crippen LogP contribution in [-0.2, 0) is 33.3 Å². The predicted molar refractivity (Wildman–Crippen MR) is 245 cm³/mol. The number of likely N-dealkylation sites (N-methyl/N-ethyl adjacent to an activating group) is 1. The lowest BCUT2D eigenvalue weighted by atomic mass is 9.46. The zero-order chi connectivity index (χ0) is 45.2. The van der Waals surface area contributed by atoms with Crippen LogP contribution in [0.3, 0.4) is 0 Å². The summed E-state index contributed by atoms with van der Waals surface area (Å²) in [4.78, 5) is 50.1. The van der Waals surface area contributed by atoms with Crippen LogP contribution in [0.15, 0.2) is 59.2 Å². The third kappa shape index (κ3) is 6.13. The van der Waals surface area contributed by atoms with Gasteiger partial charge >= 0.3 is 17.9 Å². The number of hydrogen-bond donors (Lipinski definition) is 2. The number of esters is 3. The van der Waals surface area contributed by atoms with Gasteiger partial charge in [-0.3, -0.25) is 19.4 Å². The van der Waals surface area contributed by atoms with E-state index < -0.39 is 71.6 Å². The van der Waals surface area contributed by atoms with Gasteiger partial charge in [-0.1, -0.05) is 86.0 Å². The molecule has 6 heterocycles. The number of carbonyl (C=O) groups excluding carboxylic acids is 3. The van der Waals surface area contributed by atoms with Gasteiger partial charge in [0.1, 0.15) is 0 Å². The van der Waals surface area contributed by atoms with Crippen LogP contribution in [-0.4, -0.2) is 155 Å². The first-order valence-electron chi connectivity index (χ1n) is 23.3. The number of likely N-dealkylation sites (tertiary alicyclic amines) is 1. The van der Waals surface area contributed by atoms with Crippen molar-refractivity contribution in [3.8, 4) is 0 Å². The van der Waals surface area contributed by atoms with Crippen molar-refractivity contribution in [3.63, 3.8) is 0 Å². The molecule has 63 heavy (non-hydrogen) atoms. The lowest BCUT2D eigenvalue weighted by Gasteiger charge is -2.63. The van der Waals surface area contributed by atoms with Crippen molar-refractivity contribution >= 4 is 49.5 Å². The van der Waals surface area contributed by atoms with Crippen molar-refractivity contribution in [2.45, 2.75) is 114 Å². The Labute approximate surface area is 374 Å². The highest BCUT2D eigenvalue weighted by molar-refractivity contribution is 6.88.